The van der Waals surface area contributed by atoms with Crippen molar-refractivity contribution < 1.29 is 23.7 Å². The van der Waals surface area contributed by atoms with Gasteiger partial charge in [-0.3, -0.25) is 0 Å². The van der Waals surface area contributed by atoms with E-state index in [0.717, 1.165) is 17.2 Å². The van der Waals surface area contributed by atoms with Gasteiger partial charge in [0.2, 0.25) is 6.79 Å². The van der Waals surface area contributed by atoms with Crippen LogP contribution in [0.4, 0.5) is 0 Å². The minimum absolute atomic E-state index is 0.205. The van der Waals surface area contributed by atoms with Crippen LogP contribution in [0, 0.1) is 0 Å². The van der Waals surface area contributed by atoms with E-state index in [-0.39, 0.29) is 13.1 Å². The van der Waals surface area contributed by atoms with Gasteiger partial charge in [0.25, 0.3) is 0 Å². The number of benzene rings is 1. The summed E-state index contributed by atoms with van der Waals surface area (Å²) in [6, 6.07) is 5.54. The zero-order valence-electron chi connectivity index (χ0n) is 11.4. The number of fused-ring (bicyclic) bond motifs is 1. The topological polar surface area (TPSA) is 46.2 Å². The normalized spacial score (nSPS) is 13.0. The van der Waals surface area contributed by atoms with E-state index in [1.165, 1.54) is 0 Å². The van der Waals surface area contributed by atoms with Gasteiger partial charge in [-0.15, -0.1) is 0 Å². The Morgan fingerprint density at radius 2 is 1.84 bits per heavy atom. The first-order chi connectivity index (χ1) is 9.33. The van der Waals surface area contributed by atoms with Crippen LogP contribution in [0.2, 0.25) is 0 Å². The summed E-state index contributed by atoms with van der Waals surface area (Å²) >= 11 is 0. The van der Waals surface area contributed by atoms with Crippen molar-refractivity contribution in [2.45, 2.75) is 26.6 Å². The zero-order chi connectivity index (χ0) is 13.5. The highest BCUT2D eigenvalue weighted by Gasteiger charge is 2.14. The van der Waals surface area contributed by atoms with Crippen LogP contribution < -0.4 is 14.2 Å². The van der Waals surface area contributed by atoms with E-state index in [1.807, 2.05) is 32.0 Å². The Morgan fingerprint density at radius 1 is 1.11 bits per heavy atom. The number of hydrogen-bond donors (Lipinski definition) is 0. The van der Waals surface area contributed by atoms with Gasteiger partial charge in [0, 0.05) is 25.7 Å². The smallest absolute Gasteiger partial charge is 0.231 e. The summed E-state index contributed by atoms with van der Waals surface area (Å²) in [5, 5.41) is 0. The summed E-state index contributed by atoms with van der Waals surface area (Å²) in [5.74, 6) is 2.24. The van der Waals surface area contributed by atoms with Crippen molar-refractivity contribution in [3.05, 3.63) is 18.2 Å². The largest absolute Gasteiger partial charge is 0.493 e. The summed E-state index contributed by atoms with van der Waals surface area (Å²) < 4.78 is 27.1. The van der Waals surface area contributed by atoms with Crippen molar-refractivity contribution in [2.75, 3.05) is 26.6 Å². The molecule has 0 bridgehead atoms. The monoisotopic (exact) mass is 268 g/mol. The van der Waals surface area contributed by atoms with Crippen molar-refractivity contribution in [2.24, 2.45) is 0 Å². The van der Waals surface area contributed by atoms with Crippen molar-refractivity contribution >= 4 is 0 Å². The molecule has 1 heterocycles. The third kappa shape index (κ3) is 4.01. The van der Waals surface area contributed by atoms with E-state index < -0.39 is 0 Å². The molecule has 1 aliphatic rings. The highest BCUT2D eigenvalue weighted by Crippen LogP contribution is 2.35. The summed E-state index contributed by atoms with van der Waals surface area (Å²) in [7, 11) is 0. The van der Waals surface area contributed by atoms with Crippen LogP contribution in [0.15, 0.2) is 18.2 Å². The Labute approximate surface area is 113 Å². The molecule has 5 heteroatoms. The van der Waals surface area contributed by atoms with E-state index in [9.17, 15) is 0 Å². The maximum absolute atomic E-state index is 5.66. The Bertz CT molecular complexity index is 387. The first kappa shape index (κ1) is 14.0. The maximum Gasteiger partial charge on any atom is 0.231 e. The van der Waals surface area contributed by atoms with E-state index >= 15 is 0 Å². The lowest BCUT2D eigenvalue weighted by atomic mass is 10.3. The van der Waals surface area contributed by atoms with Gasteiger partial charge in [0.1, 0.15) is 5.75 Å². The van der Waals surface area contributed by atoms with E-state index in [4.69, 9.17) is 23.7 Å². The molecule has 5 nitrogen and oxygen atoms in total. The molecule has 0 spiro atoms. The highest BCUT2D eigenvalue weighted by molar-refractivity contribution is 5.46. The van der Waals surface area contributed by atoms with Crippen LogP contribution >= 0.6 is 0 Å². The van der Waals surface area contributed by atoms with E-state index in [0.29, 0.717) is 26.2 Å². The highest BCUT2D eigenvalue weighted by atomic mass is 16.7. The molecular formula is C14H20O5. The van der Waals surface area contributed by atoms with Crippen LogP contribution in [-0.4, -0.2) is 32.9 Å². The summed E-state index contributed by atoms with van der Waals surface area (Å²) in [6.45, 7) is 5.97. The van der Waals surface area contributed by atoms with Crippen LogP contribution in [0.5, 0.6) is 17.2 Å². The average molecular weight is 268 g/mol. The second-order valence-electron chi connectivity index (χ2n) is 3.99. The predicted octanol–water partition coefficient (Wildman–Crippen LogP) is 2.58. The minimum atomic E-state index is -0.205. The molecule has 19 heavy (non-hydrogen) atoms. The third-order valence-electron chi connectivity index (χ3n) is 2.67. The second kappa shape index (κ2) is 7.21. The molecule has 0 aromatic heterocycles. The molecule has 0 saturated carbocycles. The van der Waals surface area contributed by atoms with Gasteiger partial charge in [-0.2, -0.15) is 0 Å². The minimum Gasteiger partial charge on any atom is -0.493 e. The molecular weight excluding hydrogens is 248 g/mol. The SMILES string of the molecule is CCOC(CCOc1ccc2c(c1)OCO2)OCC. The quantitative estimate of drug-likeness (QED) is 0.678. The van der Waals surface area contributed by atoms with Gasteiger partial charge < -0.3 is 23.7 Å². The first-order valence-corrected chi connectivity index (χ1v) is 6.59. The molecule has 0 fully saturated rings. The molecule has 0 amide bonds. The molecule has 0 unspecified atom stereocenters. The number of hydrogen-bond acceptors (Lipinski definition) is 5. The number of ether oxygens (including phenoxy) is 5. The van der Waals surface area contributed by atoms with Crippen molar-refractivity contribution in [1.29, 1.82) is 0 Å². The standard InChI is InChI=1S/C14H20O5/c1-3-15-14(16-4-2)7-8-17-11-5-6-12-13(9-11)19-10-18-12/h5-6,9,14H,3-4,7-8,10H2,1-2H3. The molecule has 1 aromatic rings. The summed E-state index contributed by atoms with van der Waals surface area (Å²) in [6.07, 6.45) is 0.486. The molecule has 0 saturated heterocycles. The first-order valence-electron chi connectivity index (χ1n) is 6.59. The fourth-order valence-corrected chi connectivity index (χ4v) is 1.83. The Kier molecular flexibility index (Phi) is 5.30. The Hall–Kier alpha value is -1.46. The molecule has 0 atom stereocenters. The fraction of sp³-hybridized carbons (Fsp3) is 0.571. The zero-order valence-corrected chi connectivity index (χ0v) is 11.4. The van der Waals surface area contributed by atoms with Gasteiger partial charge in [-0.05, 0) is 26.0 Å². The molecule has 2 rings (SSSR count). The van der Waals surface area contributed by atoms with Crippen LogP contribution in [0.25, 0.3) is 0 Å². The number of rotatable bonds is 8. The van der Waals surface area contributed by atoms with Crippen molar-refractivity contribution in [3.63, 3.8) is 0 Å². The Balaban J connectivity index is 1.78. The predicted molar refractivity (Wildman–Crippen MR) is 69.7 cm³/mol. The van der Waals surface area contributed by atoms with Crippen LogP contribution in [-0.2, 0) is 9.47 Å². The molecule has 0 radical (unpaired) electrons. The fourth-order valence-electron chi connectivity index (χ4n) is 1.83. The molecule has 0 N–H and O–H groups in total. The Morgan fingerprint density at radius 3 is 2.58 bits per heavy atom. The van der Waals surface area contributed by atoms with Gasteiger partial charge in [0.05, 0.1) is 6.61 Å². The third-order valence-corrected chi connectivity index (χ3v) is 2.67. The second-order valence-corrected chi connectivity index (χ2v) is 3.99. The van der Waals surface area contributed by atoms with Gasteiger partial charge >= 0.3 is 0 Å². The lowest BCUT2D eigenvalue weighted by Gasteiger charge is -2.17. The molecule has 106 valence electrons. The van der Waals surface area contributed by atoms with E-state index in [2.05, 4.69) is 0 Å². The average Bonchev–Trinajstić information content (AvgIpc) is 2.86. The maximum atomic E-state index is 5.66. The van der Waals surface area contributed by atoms with Crippen molar-refractivity contribution in [3.8, 4) is 17.2 Å². The van der Waals surface area contributed by atoms with Crippen molar-refractivity contribution in [1.82, 2.24) is 0 Å². The lowest BCUT2D eigenvalue weighted by molar-refractivity contribution is -0.142. The summed E-state index contributed by atoms with van der Waals surface area (Å²) in [4.78, 5) is 0. The van der Waals surface area contributed by atoms with Gasteiger partial charge in [-0.1, -0.05) is 0 Å². The van der Waals surface area contributed by atoms with E-state index in [1.54, 1.807) is 0 Å². The summed E-state index contributed by atoms with van der Waals surface area (Å²) in [5.41, 5.74) is 0. The van der Waals surface area contributed by atoms with Crippen LogP contribution in [0.1, 0.15) is 20.3 Å². The van der Waals surface area contributed by atoms with Gasteiger partial charge in [-0.25, -0.2) is 0 Å². The van der Waals surface area contributed by atoms with Crippen LogP contribution in [0.3, 0.4) is 0 Å². The molecule has 1 aromatic carbocycles. The molecule has 1 aliphatic heterocycles. The molecule has 0 aliphatic carbocycles. The lowest BCUT2D eigenvalue weighted by Crippen LogP contribution is -2.20. The van der Waals surface area contributed by atoms with Gasteiger partial charge in [0.15, 0.2) is 17.8 Å².